The van der Waals surface area contributed by atoms with E-state index in [1.807, 2.05) is 0 Å². The van der Waals surface area contributed by atoms with Gasteiger partial charge in [0.25, 0.3) is 0 Å². The molecule has 0 aliphatic rings. The van der Waals surface area contributed by atoms with Gasteiger partial charge in [-0.2, -0.15) is 0 Å². The molecule has 0 saturated heterocycles. The first-order valence-corrected chi connectivity index (χ1v) is 4.85. The van der Waals surface area contributed by atoms with Crippen molar-refractivity contribution in [3.8, 4) is 0 Å². The Balaban J connectivity index is 4.20. The molecule has 0 radical (unpaired) electrons. The van der Waals surface area contributed by atoms with Crippen molar-refractivity contribution in [2.24, 2.45) is 5.41 Å². The Hall–Kier alpha value is -0.875. The maximum Gasteiger partial charge on any atom is 0.374 e. The minimum absolute atomic E-state index is 0.577. The van der Waals surface area contributed by atoms with Gasteiger partial charge in [-0.15, -0.1) is 0 Å². The molecule has 86 valence electrons. The molecule has 0 aromatic rings. The van der Waals surface area contributed by atoms with Crippen LogP contribution in [0.1, 0.15) is 27.7 Å². The van der Waals surface area contributed by atoms with Crippen LogP contribution >= 0.6 is 0 Å². The molecular formula is C9H18BNO4. The number of esters is 2. The summed E-state index contributed by atoms with van der Waals surface area (Å²) in [5, 5.41) is 11.5. The fourth-order valence-corrected chi connectivity index (χ4v) is 0.763. The number of rotatable bonds is 3. The van der Waals surface area contributed by atoms with Crippen molar-refractivity contribution in [3.63, 3.8) is 0 Å². The largest absolute Gasteiger partial charge is 0.437 e. The lowest BCUT2D eigenvalue weighted by molar-refractivity contribution is -0.166. The van der Waals surface area contributed by atoms with Gasteiger partial charge in [-0.3, -0.25) is 4.79 Å². The van der Waals surface area contributed by atoms with Gasteiger partial charge in [0.15, 0.2) is 0 Å². The molecule has 0 heterocycles. The molecule has 0 aromatic carbocycles. The number of nitrogens with one attached hydrogen (secondary N) is 1. The van der Waals surface area contributed by atoms with Gasteiger partial charge in [0.1, 0.15) is 0 Å². The first kappa shape index (κ1) is 14.1. The number of carbonyl (C=O) groups excluding carboxylic acids is 2. The number of carbonyl (C=O) groups is 2. The van der Waals surface area contributed by atoms with Crippen molar-refractivity contribution in [3.05, 3.63) is 0 Å². The predicted octanol–water partition coefficient (Wildman–Crippen LogP) is 0.191. The maximum absolute atomic E-state index is 11.3. The molecule has 0 amide bonds. The summed E-state index contributed by atoms with van der Waals surface area (Å²) in [6, 6.07) is -0.712. The Morgan fingerprint density at radius 3 is 2.20 bits per heavy atom. The van der Waals surface area contributed by atoms with E-state index in [4.69, 9.17) is 5.02 Å². The molecule has 6 heteroatoms. The summed E-state index contributed by atoms with van der Waals surface area (Å²) in [6.45, 7) is 7.99. The molecule has 5 nitrogen and oxygen atoms in total. The van der Waals surface area contributed by atoms with Crippen LogP contribution in [0.15, 0.2) is 0 Å². The van der Waals surface area contributed by atoms with Crippen molar-refractivity contribution in [2.45, 2.75) is 40.6 Å². The Morgan fingerprint density at radius 1 is 1.40 bits per heavy atom. The van der Waals surface area contributed by atoms with Crippen LogP contribution in [0.3, 0.4) is 0 Å². The SMILES string of the molecule is CB(O)N[C@@H](C)C(=O)OC(=O)C(C)(C)C. The molecule has 0 aromatic heterocycles. The minimum Gasteiger partial charge on any atom is -0.437 e. The monoisotopic (exact) mass is 215 g/mol. The van der Waals surface area contributed by atoms with Crippen LogP contribution < -0.4 is 5.23 Å². The molecule has 1 atom stereocenters. The van der Waals surface area contributed by atoms with Gasteiger partial charge < -0.3 is 15.0 Å². The molecule has 0 saturated carbocycles. The highest BCUT2D eigenvalue weighted by molar-refractivity contribution is 6.46. The Labute approximate surface area is 90.3 Å². The van der Waals surface area contributed by atoms with Crippen LogP contribution in [-0.2, 0) is 14.3 Å². The third-order valence-corrected chi connectivity index (χ3v) is 1.65. The molecule has 2 N–H and O–H groups in total. The van der Waals surface area contributed by atoms with E-state index >= 15 is 0 Å². The first-order chi connectivity index (χ1) is 6.64. The lowest BCUT2D eigenvalue weighted by Gasteiger charge is -2.18. The van der Waals surface area contributed by atoms with Crippen LogP contribution in [0.5, 0.6) is 0 Å². The summed E-state index contributed by atoms with van der Waals surface area (Å²) in [7, 11) is -0.822. The number of hydrogen-bond acceptors (Lipinski definition) is 5. The highest BCUT2D eigenvalue weighted by Gasteiger charge is 2.28. The van der Waals surface area contributed by atoms with Crippen LogP contribution in [0.4, 0.5) is 0 Å². The summed E-state index contributed by atoms with van der Waals surface area (Å²) < 4.78 is 4.63. The fourth-order valence-electron chi connectivity index (χ4n) is 0.763. The molecule has 0 spiro atoms. The second-order valence-corrected chi connectivity index (χ2v) is 4.52. The summed E-state index contributed by atoms with van der Waals surface area (Å²) >= 11 is 0. The van der Waals surface area contributed by atoms with Gasteiger partial charge in [0.05, 0.1) is 11.5 Å². The lowest BCUT2D eigenvalue weighted by atomic mass is 9.87. The summed E-state index contributed by atoms with van der Waals surface area (Å²) in [4.78, 5) is 22.7. The van der Waals surface area contributed by atoms with Crippen LogP contribution in [0, 0.1) is 5.41 Å². The van der Waals surface area contributed by atoms with Gasteiger partial charge in [-0.25, -0.2) is 4.79 Å². The predicted molar refractivity (Wildman–Crippen MR) is 57.0 cm³/mol. The van der Waals surface area contributed by atoms with Gasteiger partial charge in [-0.1, -0.05) is 0 Å². The quantitative estimate of drug-likeness (QED) is 0.399. The Bertz CT molecular complexity index is 247. The molecule has 15 heavy (non-hydrogen) atoms. The van der Waals surface area contributed by atoms with Crippen molar-refractivity contribution in [1.82, 2.24) is 5.23 Å². The van der Waals surface area contributed by atoms with E-state index in [0.717, 1.165) is 0 Å². The molecule has 0 bridgehead atoms. The number of ether oxygens (including phenoxy) is 1. The second-order valence-electron chi connectivity index (χ2n) is 4.52. The van der Waals surface area contributed by atoms with E-state index < -0.39 is 30.4 Å². The van der Waals surface area contributed by atoms with Gasteiger partial charge in [-0.05, 0) is 34.5 Å². The van der Waals surface area contributed by atoms with E-state index in [-0.39, 0.29) is 0 Å². The smallest absolute Gasteiger partial charge is 0.374 e. The van der Waals surface area contributed by atoms with Crippen molar-refractivity contribution >= 4 is 19.0 Å². The van der Waals surface area contributed by atoms with E-state index in [0.29, 0.717) is 0 Å². The molecule has 0 aliphatic heterocycles. The topological polar surface area (TPSA) is 75.6 Å². The Kier molecular flexibility index (Phi) is 4.97. The zero-order valence-corrected chi connectivity index (χ0v) is 9.83. The van der Waals surface area contributed by atoms with Crippen molar-refractivity contribution in [1.29, 1.82) is 0 Å². The molecule has 0 unspecified atom stereocenters. The summed E-state index contributed by atoms with van der Waals surface area (Å²) in [5.41, 5.74) is -0.708. The fraction of sp³-hybridized carbons (Fsp3) is 0.778. The third kappa shape index (κ3) is 5.54. The van der Waals surface area contributed by atoms with Crippen LogP contribution in [-0.4, -0.2) is 30.1 Å². The Morgan fingerprint density at radius 2 is 1.87 bits per heavy atom. The standard InChI is InChI=1S/C9H18BNO4/c1-6(11-10(5)14)7(12)15-8(13)9(2,3)4/h6,11,14H,1-5H3/t6-/m0/s1. The lowest BCUT2D eigenvalue weighted by Crippen LogP contribution is -2.45. The summed E-state index contributed by atoms with van der Waals surface area (Å²) in [6.07, 6.45) is 0. The first-order valence-electron chi connectivity index (χ1n) is 4.85. The average Bonchev–Trinajstić information content (AvgIpc) is 2.00. The third-order valence-electron chi connectivity index (χ3n) is 1.65. The number of hydrogen-bond donors (Lipinski definition) is 2. The van der Waals surface area contributed by atoms with Crippen molar-refractivity contribution < 1.29 is 19.3 Å². The van der Waals surface area contributed by atoms with Gasteiger partial charge in [0, 0.05) is 0 Å². The van der Waals surface area contributed by atoms with E-state index in [1.54, 1.807) is 20.8 Å². The normalized spacial score (nSPS) is 13.2. The van der Waals surface area contributed by atoms with Gasteiger partial charge in [0.2, 0.25) is 0 Å². The van der Waals surface area contributed by atoms with Crippen molar-refractivity contribution in [2.75, 3.05) is 0 Å². The average molecular weight is 215 g/mol. The highest BCUT2D eigenvalue weighted by atomic mass is 16.6. The van der Waals surface area contributed by atoms with E-state index in [9.17, 15) is 9.59 Å². The molecular weight excluding hydrogens is 197 g/mol. The summed E-state index contributed by atoms with van der Waals surface area (Å²) in [5.74, 6) is -1.26. The second kappa shape index (κ2) is 5.28. The van der Waals surface area contributed by atoms with E-state index in [1.165, 1.54) is 13.7 Å². The highest BCUT2D eigenvalue weighted by Crippen LogP contribution is 2.15. The maximum atomic E-state index is 11.3. The zero-order chi connectivity index (χ0) is 12.2. The van der Waals surface area contributed by atoms with E-state index in [2.05, 4.69) is 9.96 Å². The molecule has 0 aliphatic carbocycles. The van der Waals surface area contributed by atoms with Crippen LogP contribution in [0.25, 0.3) is 0 Å². The minimum atomic E-state index is -0.822. The molecule has 0 fully saturated rings. The van der Waals surface area contributed by atoms with Gasteiger partial charge >= 0.3 is 19.0 Å². The molecule has 0 rings (SSSR count). The van der Waals surface area contributed by atoms with Crippen LogP contribution in [0.2, 0.25) is 6.82 Å². The zero-order valence-electron chi connectivity index (χ0n) is 9.83.